The van der Waals surface area contributed by atoms with E-state index in [0.717, 1.165) is 19.3 Å². The van der Waals surface area contributed by atoms with Crippen molar-refractivity contribution < 1.29 is 24.2 Å². The molecule has 3 rings (SSSR count). The highest BCUT2D eigenvalue weighted by atomic mass is 32.2. The van der Waals surface area contributed by atoms with E-state index in [9.17, 15) is 19.5 Å². The number of unbranched alkanes of at least 4 members (excludes halogenated alkanes) is 1. The number of amides is 2. The quantitative estimate of drug-likeness (QED) is 0.304. The Hall–Kier alpha value is -1.80. The van der Waals surface area contributed by atoms with Crippen molar-refractivity contribution in [3.63, 3.8) is 0 Å². The number of nitrogens with zero attached hydrogens (tertiary/aromatic N) is 2. The predicted molar refractivity (Wildman–Crippen MR) is 139 cm³/mol. The van der Waals surface area contributed by atoms with Crippen LogP contribution in [-0.2, 0) is 19.1 Å². The Morgan fingerprint density at radius 2 is 2.03 bits per heavy atom. The second-order valence-electron chi connectivity index (χ2n) is 10.8. The van der Waals surface area contributed by atoms with E-state index in [1.165, 1.54) is 6.08 Å². The average molecular weight is 507 g/mol. The molecule has 0 aromatic rings. The minimum atomic E-state index is -0.725. The molecule has 1 spiro atoms. The van der Waals surface area contributed by atoms with Crippen molar-refractivity contribution in [1.29, 1.82) is 0 Å². The molecule has 6 atom stereocenters. The van der Waals surface area contributed by atoms with Gasteiger partial charge in [-0.3, -0.25) is 14.4 Å². The maximum Gasteiger partial charge on any atom is 0.311 e. The zero-order valence-electron chi connectivity index (χ0n) is 21.7. The number of likely N-dealkylation sites (tertiary alicyclic amines) is 1. The lowest BCUT2D eigenvalue weighted by Gasteiger charge is -2.40. The number of rotatable bonds is 13. The van der Waals surface area contributed by atoms with Gasteiger partial charge >= 0.3 is 5.97 Å². The summed E-state index contributed by atoms with van der Waals surface area (Å²) in [4.78, 5) is 45.1. The van der Waals surface area contributed by atoms with E-state index in [0.29, 0.717) is 25.9 Å². The number of fused-ring (bicyclic) bond motifs is 1. The van der Waals surface area contributed by atoms with Crippen molar-refractivity contribution in [3.8, 4) is 0 Å². The minimum absolute atomic E-state index is 0.0901. The number of thioether (sulfide) groups is 1. The summed E-state index contributed by atoms with van der Waals surface area (Å²) in [7, 11) is 0. The number of aliphatic hydroxyl groups excluding tert-OH is 1. The van der Waals surface area contributed by atoms with Gasteiger partial charge in [0, 0.05) is 17.8 Å². The van der Waals surface area contributed by atoms with Gasteiger partial charge < -0.3 is 19.6 Å². The van der Waals surface area contributed by atoms with Crippen LogP contribution in [0.2, 0.25) is 0 Å². The van der Waals surface area contributed by atoms with Crippen LogP contribution in [0.25, 0.3) is 0 Å². The number of esters is 1. The maximum atomic E-state index is 14.2. The molecule has 196 valence electrons. The van der Waals surface area contributed by atoms with Crippen molar-refractivity contribution in [2.75, 3.05) is 26.3 Å². The highest BCUT2D eigenvalue weighted by molar-refractivity contribution is 8.02. The minimum Gasteiger partial charge on any atom is -0.461 e. The van der Waals surface area contributed by atoms with Gasteiger partial charge in [0.1, 0.15) is 12.6 Å². The highest BCUT2D eigenvalue weighted by Crippen LogP contribution is 2.71. The third-order valence-electron chi connectivity index (χ3n) is 7.84. The van der Waals surface area contributed by atoms with Gasteiger partial charge in [-0.2, -0.15) is 0 Å². The van der Waals surface area contributed by atoms with Crippen molar-refractivity contribution in [2.24, 2.45) is 17.8 Å². The first kappa shape index (κ1) is 27.8. The molecule has 1 N–H and O–H groups in total. The topological polar surface area (TPSA) is 87.1 Å². The molecule has 3 fully saturated rings. The van der Waals surface area contributed by atoms with Crippen LogP contribution in [0.15, 0.2) is 25.3 Å². The standard InChI is InChI=1S/C27H42N2O5S/c1-7-10-14-28(13-8-2)24(32)22-27-12-11-26(6,35-27)21(25(33)34-15-9-3)20(27)23(31)29(22)19(17-30)16-18(4)5/h8-9,18-22,30H,2-3,7,10-17H2,1,4-6H3/t19-,20+,21-,22?,26+,27?/m1/s1. The Kier molecular flexibility index (Phi) is 8.79. The molecule has 0 aromatic carbocycles. The summed E-state index contributed by atoms with van der Waals surface area (Å²) < 4.78 is 4.29. The summed E-state index contributed by atoms with van der Waals surface area (Å²) in [5.41, 5.74) is 0. The lowest BCUT2D eigenvalue weighted by molar-refractivity contribution is -0.155. The molecule has 3 aliphatic rings. The number of carbonyl (C=O) groups excluding carboxylic acids is 3. The third kappa shape index (κ3) is 4.80. The SMILES string of the molecule is C=CCOC(=O)[C@H]1[C@H]2C(=O)N([C@@H](CO)CC(C)C)C(C(=O)N(CC=C)CCCC)C23CC[C@]1(C)S3. The highest BCUT2D eigenvalue weighted by Gasteiger charge is 2.78. The second-order valence-corrected chi connectivity index (χ2v) is 12.7. The summed E-state index contributed by atoms with van der Waals surface area (Å²) in [6.45, 7) is 16.5. The number of aliphatic hydroxyl groups is 1. The predicted octanol–water partition coefficient (Wildman–Crippen LogP) is 3.42. The molecular formula is C27H42N2O5S. The number of hydrogen-bond acceptors (Lipinski definition) is 6. The largest absolute Gasteiger partial charge is 0.461 e. The summed E-state index contributed by atoms with van der Waals surface area (Å²) >= 11 is 1.63. The fourth-order valence-corrected chi connectivity index (χ4v) is 8.74. The van der Waals surface area contributed by atoms with E-state index < -0.39 is 39.4 Å². The molecule has 0 saturated carbocycles. The smallest absolute Gasteiger partial charge is 0.311 e. The van der Waals surface area contributed by atoms with Gasteiger partial charge in [0.25, 0.3) is 0 Å². The van der Waals surface area contributed by atoms with E-state index in [2.05, 4.69) is 20.1 Å². The summed E-state index contributed by atoms with van der Waals surface area (Å²) in [5, 5.41) is 10.4. The molecule has 0 aromatic heterocycles. The first-order valence-corrected chi connectivity index (χ1v) is 13.7. The van der Waals surface area contributed by atoms with E-state index >= 15 is 0 Å². The molecule has 2 bridgehead atoms. The summed E-state index contributed by atoms with van der Waals surface area (Å²) in [6.07, 6.45) is 7.04. The molecule has 8 heteroatoms. The number of hydrogen-bond donors (Lipinski definition) is 1. The molecule has 3 heterocycles. The molecule has 0 aliphatic carbocycles. The van der Waals surface area contributed by atoms with E-state index in [4.69, 9.17) is 4.74 Å². The Labute approximate surface area is 214 Å². The maximum absolute atomic E-state index is 14.2. The lowest BCUT2D eigenvalue weighted by atomic mass is 9.66. The van der Waals surface area contributed by atoms with Crippen LogP contribution >= 0.6 is 11.8 Å². The Bertz CT molecular complexity index is 847. The number of carbonyl (C=O) groups is 3. The fraction of sp³-hybridized carbons (Fsp3) is 0.741. The lowest BCUT2D eigenvalue weighted by Crippen LogP contribution is -2.57. The first-order chi connectivity index (χ1) is 16.6. The molecular weight excluding hydrogens is 464 g/mol. The summed E-state index contributed by atoms with van der Waals surface area (Å²) in [5.74, 6) is -1.74. The van der Waals surface area contributed by atoms with Crippen LogP contribution < -0.4 is 0 Å². The van der Waals surface area contributed by atoms with E-state index in [-0.39, 0.29) is 30.9 Å². The second kappa shape index (κ2) is 11.1. The Morgan fingerprint density at radius 3 is 2.60 bits per heavy atom. The zero-order valence-corrected chi connectivity index (χ0v) is 22.5. The molecule has 7 nitrogen and oxygen atoms in total. The first-order valence-electron chi connectivity index (χ1n) is 12.9. The zero-order chi connectivity index (χ0) is 26.0. The van der Waals surface area contributed by atoms with Crippen LogP contribution in [0, 0.1) is 17.8 Å². The van der Waals surface area contributed by atoms with E-state index in [1.54, 1.807) is 27.6 Å². The van der Waals surface area contributed by atoms with Crippen LogP contribution in [0.3, 0.4) is 0 Å². The van der Waals surface area contributed by atoms with Crippen molar-refractivity contribution >= 4 is 29.5 Å². The van der Waals surface area contributed by atoms with Crippen molar-refractivity contribution in [2.45, 2.75) is 81.4 Å². The molecule has 2 amide bonds. The summed E-state index contributed by atoms with van der Waals surface area (Å²) in [6, 6.07) is -1.21. The Morgan fingerprint density at radius 1 is 1.31 bits per heavy atom. The molecule has 35 heavy (non-hydrogen) atoms. The van der Waals surface area contributed by atoms with Crippen LogP contribution in [0.1, 0.15) is 59.8 Å². The molecule has 3 saturated heterocycles. The van der Waals surface area contributed by atoms with Gasteiger partial charge in [-0.15, -0.1) is 18.3 Å². The molecule has 2 unspecified atom stereocenters. The van der Waals surface area contributed by atoms with Crippen LogP contribution in [0.5, 0.6) is 0 Å². The fourth-order valence-electron chi connectivity index (χ4n) is 6.41. The van der Waals surface area contributed by atoms with Gasteiger partial charge in [-0.05, 0) is 38.5 Å². The van der Waals surface area contributed by atoms with Gasteiger partial charge in [0.05, 0.1) is 29.2 Å². The van der Waals surface area contributed by atoms with Crippen LogP contribution in [0.4, 0.5) is 0 Å². The van der Waals surface area contributed by atoms with Crippen LogP contribution in [-0.4, -0.2) is 80.6 Å². The van der Waals surface area contributed by atoms with Gasteiger partial charge in [-0.25, -0.2) is 0 Å². The van der Waals surface area contributed by atoms with Crippen molar-refractivity contribution in [3.05, 3.63) is 25.3 Å². The van der Waals surface area contributed by atoms with E-state index in [1.807, 2.05) is 20.8 Å². The van der Waals surface area contributed by atoms with Crippen molar-refractivity contribution in [1.82, 2.24) is 9.80 Å². The third-order valence-corrected chi connectivity index (χ3v) is 9.82. The Balaban J connectivity index is 2.10. The van der Waals surface area contributed by atoms with Gasteiger partial charge in [0.2, 0.25) is 11.8 Å². The average Bonchev–Trinajstić information content (AvgIpc) is 3.38. The number of ether oxygens (including phenoxy) is 1. The van der Waals surface area contributed by atoms with Gasteiger partial charge in [0.15, 0.2) is 0 Å². The molecule has 0 radical (unpaired) electrons. The normalized spacial score (nSPS) is 32.0. The molecule has 3 aliphatic heterocycles. The van der Waals surface area contributed by atoms with Gasteiger partial charge in [-0.1, -0.05) is 45.9 Å². The monoisotopic (exact) mass is 506 g/mol.